The minimum atomic E-state index is -0.693. The Morgan fingerprint density at radius 3 is 2.79 bits per heavy atom. The van der Waals surface area contributed by atoms with Gasteiger partial charge < -0.3 is 10.8 Å². The molecule has 2 saturated carbocycles. The van der Waals surface area contributed by atoms with Gasteiger partial charge >= 0.3 is 5.97 Å². The predicted molar refractivity (Wildman–Crippen MR) is 74.6 cm³/mol. The summed E-state index contributed by atoms with van der Waals surface area (Å²) in [6.45, 7) is 0.522. The molecule has 0 unspecified atom stereocenters. The van der Waals surface area contributed by atoms with Gasteiger partial charge in [-0.3, -0.25) is 4.79 Å². The van der Waals surface area contributed by atoms with Crippen LogP contribution in [0.5, 0.6) is 0 Å². The molecule has 0 aromatic heterocycles. The molecule has 0 saturated heterocycles. The van der Waals surface area contributed by atoms with Gasteiger partial charge in [-0.15, -0.1) is 0 Å². The maximum atomic E-state index is 11.0. The second-order valence-corrected chi connectivity index (χ2v) is 7.01. The van der Waals surface area contributed by atoms with Crippen LogP contribution in [-0.2, 0) is 4.79 Å². The quantitative estimate of drug-likeness (QED) is 0.750. The predicted octanol–water partition coefficient (Wildman–Crippen LogP) is 2.95. The van der Waals surface area contributed by atoms with Crippen molar-refractivity contribution >= 4 is 5.97 Å². The zero-order valence-corrected chi connectivity index (χ0v) is 11.6. The van der Waals surface area contributed by atoms with Gasteiger partial charge in [0.05, 0.1) is 6.42 Å². The lowest BCUT2D eigenvalue weighted by molar-refractivity contribution is -0.144. The van der Waals surface area contributed by atoms with Crippen LogP contribution in [0, 0.1) is 23.2 Å². The van der Waals surface area contributed by atoms with Crippen LogP contribution in [0.15, 0.2) is 11.6 Å². The molecule has 0 amide bonds. The topological polar surface area (TPSA) is 63.3 Å². The first kappa shape index (κ1) is 13.2. The monoisotopic (exact) mass is 263 g/mol. The minimum Gasteiger partial charge on any atom is -0.481 e. The summed E-state index contributed by atoms with van der Waals surface area (Å²) in [4.78, 5) is 11.0. The van der Waals surface area contributed by atoms with E-state index in [0.717, 1.165) is 12.3 Å². The van der Waals surface area contributed by atoms with E-state index in [4.69, 9.17) is 10.8 Å². The van der Waals surface area contributed by atoms with Gasteiger partial charge in [0.1, 0.15) is 0 Å². The number of hydrogen-bond donors (Lipinski definition) is 2. The van der Waals surface area contributed by atoms with E-state index < -0.39 is 5.97 Å². The Labute approximate surface area is 115 Å². The summed E-state index contributed by atoms with van der Waals surface area (Å²) in [7, 11) is 0. The van der Waals surface area contributed by atoms with Gasteiger partial charge in [0, 0.05) is 0 Å². The van der Waals surface area contributed by atoms with Gasteiger partial charge in [-0.1, -0.05) is 37.3 Å². The normalized spacial score (nSPS) is 37.8. The Morgan fingerprint density at radius 1 is 1.42 bits per heavy atom. The lowest BCUT2D eigenvalue weighted by Crippen LogP contribution is -2.51. The molecule has 0 heterocycles. The number of hydrogen-bond acceptors (Lipinski definition) is 2. The molecule has 0 spiro atoms. The summed E-state index contributed by atoms with van der Waals surface area (Å²) in [6.07, 6.45) is 11.7. The fourth-order valence-corrected chi connectivity index (χ4v) is 4.81. The van der Waals surface area contributed by atoms with Crippen LogP contribution >= 0.6 is 0 Å². The summed E-state index contributed by atoms with van der Waals surface area (Å²) in [5, 5.41) is 9.08. The standard InChI is InChI=1S/C16H25NO2/c17-10-16(9-15(18)19)8-13-6-12(7-14(13)16)5-11-3-1-2-4-11/h7,11,13-14H,1-6,8-10,17H2,(H,18,19)/t13-,14-,16-/m0/s1. The number of aliphatic carboxylic acids is 1. The van der Waals surface area contributed by atoms with Crippen molar-refractivity contribution in [1.82, 2.24) is 0 Å². The Hall–Kier alpha value is -0.830. The lowest BCUT2D eigenvalue weighted by Gasteiger charge is -2.51. The lowest BCUT2D eigenvalue weighted by atomic mass is 9.53. The number of allylic oxidation sites excluding steroid dienone is 2. The van der Waals surface area contributed by atoms with Crippen molar-refractivity contribution < 1.29 is 9.90 Å². The molecule has 3 N–H and O–H groups in total. The highest BCUT2D eigenvalue weighted by Crippen LogP contribution is 2.60. The number of nitrogens with two attached hydrogens (primary N) is 1. The van der Waals surface area contributed by atoms with Gasteiger partial charge in [0.25, 0.3) is 0 Å². The first-order valence-corrected chi connectivity index (χ1v) is 7.74. The molecular weight excluding hydrogens is 238 g/mol. The van der Waals surface area contributed by atoms with Crippen molar-refractivity contribution in [3.8, 4) is 0 Å². The van der Waals surface area contributed by atoms with Crippen molar-refractivity contribution in [2.45, 2.75) is 51.4 Å². The smallest absolute Gasteiger partial charge is 0.303 e. The third-order valence-electron chi connectivity index (χ3n) is 5.76. The first-order chi connectivity index (χ1) is 9.13. The van der Waals surface area contributed by atoms with Crippen molar-refractivity contribution in [3.63, 3.8) is 0 Å². The van der Waals surface area contributed by atoms with Crippen LogP contribution in [0.2, 0.25) is 0 Å². The Bertz CT molecular complexity index is 398. The van der Waals surface area contributed by atoms with E-state index in [1.807, 2.05) is 0 Å². The summed E-state index contributed by atoms with van der Waals surface area (Å²) in [6, 6.07) is 0. The fourth-order valence-electron chi connectivity index (χ4n) is 4.81. The van der Waals surface area contributed by atoms with Crippen LogP contribution in [0.4, 0.5) is 0 Å². The molecule has 0 bridgehead atoms. The van der Waals surface area contributed by atoms with E-state index in [1.165, 1.54) is 38.5 Å². The molecule has 0 radical (unpaired) electrons. The van der Waals surface area contributed by atoms with Crippen LogP contribution < -0.4 is 5.73 Å². The molecule has 0 aromatic rings. The highest BCUT2D eigenvalue weighted by atomic mass is 16.4. The maximum absolute atomic E-state index is 11.0. The van der Waals surface area contributed by atoms with Crippen molar-refractivity contribution in [2.75, 3.05) is 6.54 Å². The minimum absolute atomic E-state index is 0.131. The summed E-state index contributed by atoms with van der Waals surface area (Å²) in [5.74, 6) is 1.35. The van der Waals surface area contributed by atoms with E-state index in [-0.39, 0.29) is 11.8 Å². The van der Waals surface area contributed by atoms with Crippen LogP contribution in [0.25, 0.3) is 0 Å². The first-order valence-electron chi connectivity index (χ1n) is 7.74. The molecule has 2 fully saturated rings. The maximum Gasteiger partial charge on any atom is 0.303 e. The third kappa shape index (κ3) is 2.33. The van der Waals surface area contributed by atoms with Gasteiger partial charge in [-0.25, -0.2) is 0 Å². The molecule has 3 nitrogen and oxygen atoms in total. The number of rotatable bonds is 5. The van der Waals surface area contributed by atoms with E-state index >= 15 is 0 Å². The zero-order valence-electron chi connectivity index (χ0n) is 11.6. The second-order valence-electron chi connectivity index (χ2n) is 7.01. The average molecular weight is 263 g/mol. The van der Waals surface area contributed by atoms with Crippen molar-refractivity contribution in [2.24, 2.45) is 28.9 Å². The number of carboxylic acids is 1. The molecule has 0 aromatic carbocycles. The van der Waals surface area contributed by atoms with Gasteiger partial charge in [0.2, 0.25) is 0 Å². The summed E-state index contributed by atoms with van der Waals surface area (Å²) in [5.41, 5.74) is 7.36. The van der Waals surface area contributed by atoms with E-state index in [9.17, 15) is 4.79 Å². The molecule has 3 heteroatoms. The molecule has 19 heavy (non-hydrogen) atoms. The largest absolute Gasteiger partial charge is 0.481 e. The Balaban J connectivity index is 1.65. The third-order valence-corrected chi connectivity index (χ3v) is 5.76. The average Bonchev–Trinajstić information content (AvgIpc) is 2.96. The van der Waals surface area contributed by atoms with E-state index in [0.29, 0.717) is 18.4 Å². The van der Waals surface area contributed by atoms with E-state index in [1.54, 1.807) is 5.57 Å². The van der Waals surface area contributed by atoms with Gasteiger partial charge in [0.15, 0.2) is 0 Å². The van der Waals surface area contributed by atoms with Gasteiger partial charge in [-0.05, 0) is 49.0 Å². The van der Waals surface area contributed by atoms with Crippen molar-refractivity contribution in [3.05, 3.63) is 11.6 Å². The number of carboxylic acid groups (broad SMARTS) is 1. The molecule has 3 aliphatic carbocycles. The molecule has 106 valence electrons. The molecular formula is C16H25NO2. The Morgan fingerprint density at radius 2 is 2.16 bits per heavy atom. The SMILES string of the molecule is NC[C@@]1(CC(=O)O)C[C@@H]2CC(CC3CCCC3)=C[C@@H]21. The van der Waals surface area contributed by atoms with E-state index in [2.05, 4.69) is 6.08 Å². The molecule has 3 atom stereocenters. The molecule has 0 aliphatic heterocycles. The van der Waals surface area contributed by atoms with Crippen LogP contribution in [0.1, 0.15) is 51.4 Å². The number of fused-ring (bicyclic) bond motifs is 1. The Kier molecular flexibility index (Phi) is 3.42. The fraction of sp³-hybridized carbons (Fsp3) is 0.812. The second kappa shape index (κ2) is 4.93. The highest BCUT2D eigenvalue weighted by Gasteiger charge is 2.54. The number of carbonyl (C=O) groups is 1. The van der Waals surface area contributed by atoms with Crippen molar-refractivity contribution in [1.29, 1.82) is 0 Å². The highest BCUT2D eigenvalue weighted by molar-refractivity contribution is 5.68. The molecule has 3 aliphatic rings. The molecule has 3 rings (SSSR count). The van der Waals surface area contributed by atoms with Gasteiger partial charge in [-0.2, -0.15) is 0 Å². The summed E-state index contributed by atoms with van der Waals surface area (Å²) >= 11 is 0. The summed E-state index contributed by atoms with van der Waals surface area (Å²) < 4.78 is 0. The zero-order chi connectivity index (χ0) is 13.5. The van der Waals surface area contributed by atoms with Crippen LogP contribution in [0.3, 0.4) is 0 Å². The van der Waals surface area contributed by atoms with Crippen LogP contribution in [-0.4, -0.2) is 17.6 Å².